The SMILES string of the molecule is CC.CC(C)n1c(=O)oc2ccccc21. The number of rotatable bonds is 1. The lowest BCUT2D eigenvalue weighted by atomic mass is 10.3. The van der Waals surface area contributed by atoms with Gasteiger partial charge in [-0.1, -0.05) is 26.0 Å². The molecule has 0 aliphatic carbocycles. The molecule has 0 amide bonds. The van der Waals surface area contributed by atoms with E-state index in [9.17, 15) is 4.79 Å². The Bertz CT molecular complexity index is 480. The van der Waals surface area contributed by atoms with Crippen LogP contribution in [0.2, 0.25) is 0 Å². The van der Waals surface area contributed by atoms with E-state index in [4.69, 9.17) is 4.42 Å². The molecule has 1 aromatic heterocycles. The Labute approximate surface area is 89.3 Å². The second kappa shape index (κ2) is 4.82. The summed E-state index contributed by atoms with van der Waals surface area (Å²) >= 11 is 0. The van der Waals surface area contributed by atoms with Gasteiger partial charge in [0.1, 0.15) is 0 Å². The van der Waals surface area contributed by atoms with E-state index in [0.717, 1.165) is 5.52 Å². The third kappa shape index (κ3) is 2.12. The molecule has 0 saturated heterocycles. The molecule has 3 heteroatoms. The molecule has 0 fully saturated rings. The van der Waals surface area contributed by atoms with Gasteiger partial charge in [0.15, 0.2) is 5.58 Å². The van der Waals surface area contributed by atoms with E-state index in [1.54, 1.807) is 10.6 Å². The number of benzene rings is 1. The largest absolute Gasteiger partial charge is 0.420 e. The van der Waals surface area contributed by atoms with Gasteiger partial charge in [0.05, 0.1) is 5.52 Å². The maximum Gasteiger partial charge on any atom is 0.420 e. The topological polar surface area (TPSA) is 35.1 Å². The monoisotopic (exact) mass is 207 g/mol. The number of hydrogen-bond donors (Lipinski definition) is 0. The lowest BCUT2D eigenvalue weighted by molar-refractivity contribution is 0.478. The summed E-state index contributed by atoms with van der Waals surface area (Å²) in [6.45, 7) is 7.92. The van der Waals surface area contributed by atoms with Crippen molar-refractivity contribution >= 4 is 11.1 Å². The summed E-state index contributed by atoms with van der Waals surface area (Å²) in [4.78, 5) is 11.4. The van der Waals surface area contributed by atoms with Gasteiger partial charge in [-0.25, -0.2) is 4.79 Å². The van der Waals surface area contributed by atoms with Gasteiger partial charge >= 0.3 is 5.76 Å². The zero-order chi connectivity index (χ0) is 11.4. The highest BCUT2D eigenvalue weighted by Crippen LogP contribution is 2.15. The van der Waals surface area contributed by atoms with Crippen LogP contribution in [-0.2, 0) is 0 Å². The molecule has 2 aromatic rings. The van der Waals surface area contributed by atoms with Crippen LogP contribution in [0.25, 0.3) is 11.1 Å². The summed E-state index contributed by atoms with van der Waals surface area (Å²) in [6, 6.07) is 7.58. The summed E-state index contributed by atoms with van der Waals surface area (Å²) in [5.41, 5.74) is 1.52. The standard InChI is InChI=1S/C10H11NO2.C2H6/c1-7(2)11-8-5-3-4-6-9(8)13-10(11)12;1-2/h3-7H,1-2H3;1-2H3. The van der Waals surface area contributed by atoms with E-state index in [2.05, 4.69) is 0 Å². The Hall–Kier alpha value is -1.51. The molecule has 0 atom stereocenters. The predicted octanol–water partition coefficient (Wildman–Crippen LogP) is 3.20. The van der Waals surface area contributed by atoms with Gasteiger partial charge in [-0.05, 0) is 26.0 Å². The Morgan fingerprint density at radius 1 is 1.20 bits per heavy atom. The molecule has 15 heavy (non-hydrogen) atoms. The molecule has 0 saturated carbocycles. The Balaban J connectivity index is 0.000000531. The third-order valence-corrected chi connectivity index (χ3v) is 2.04. The van der Waals surface area contributed by atoms with Gasteiger partial charge in [0.25, 0.3) is 0 Å². The Morgan fingerprint density at radius 2 is 1.80 bits per heavy atom. The highest BCUT2D eigenvalue weighted by atomic mass is 16.4. The first-order valence-corrected chi connectivity index (χ1v) is 5.30. The molecular formula is C12H17NO2. The van der Waals surface area contributed by atoms with Crippen molar-refractivity contribution in [2.75, 3.05) is 0 Å². The molecule has 82 valence electrons. The number of oxazole rings is 1. The van der Waals surface area contributed by atoms with Crippen LogP contribution in [0.4, 0.5) is 0 Å². The summed E-state index contributed by atoms with van der Waals surface area (Å²) in [5, 5.41) is 0. The summed E-state index contributed by atoms with van der Waals surface area (Å²) in [6.07, 6.45) is 0. The maximum absolute atomic E-state index is 11.4. The molecule has 0 bridgehead atoms. The van der Waals surface area contributed by atoms with E-state index in [1.807, 2.05) is 45.9 Å². The fourth-order valence-electron chi connectivity index (χ4n) is 1.47. The molecule has 0 spiro atoms. The molecule has 0 aliphatic rings. The number of aromatic nitrogens is 1. The van der Waals surface area contributed by atoms with Gasteiger partial charge in [-0.15, -0.1) is 0 Å². The smallest absolute Gasteiger partial charge is 0.408 e. The van der Waals surface area contributed by atoms with Crippen LogP contribution in [0.3, 0.4) is 0 Å². The fraction of sp³-hybridized carbons (Fsp3) is 0.417. The van der Waals surface area contributed by atoms with Crippen LogP contribution in [0, 0.1) is 0 Å². The molecule has 0 radical (unpaired) electrons. The molecule has 2 rings (SSSR count). The average Bonchev–Trinajstić information content (AvgIpc) is 2.56. The first-order chi connectivity index (χ1) is 7.20. The highest BCUT2D eigenvalue weighted by molar-refractivity contribution is 5.72. The minimum absolute atomic E-state index is 0.135. The average molecular weight is 207 g/mol. The summed E-state index contributed by atoms with van der Waals surface area (Å²) in [5.74, 6) is -0.281. The van der Waals surface area contributed by atoms with E-state index in [0.29, 0.717) is 5.58 Å². The minimum Gasteiger partial charge on any atom is -0.408 e. The van der Waals surface area contributed by atoms with Crippen molar-refractivity contribution in [3.8, 4) is 0 Å². The van der Waals surface area contributed by atoms with Crippen LogP contribution >= 0.6 is 0 Å². The van der Waals surface area contributed by atoms with Crippen molar-refractivity contribution < 1.29 is 4.42 Å². The molecule has 0 aliphatic heterocycles. The van der Waals surface area contributed by atoms with Gasteiger partial charge < -0.3 is 4.42 Å². The highest BCUT2D eigenvalue weighted by Gasteiger charge is 2.09. The minimum atomic E-state index is -0.281. The molecule has 0 unspecified atom stereocenters. The Morgan fingerprint density at radius 3 is 2.40 bits per heavy atom. The van der Waals surface area contributed by atoms with Crippen LogP contribution in [0.5, 0.6) is 0 Å². The van der Waals surface area contributed by atoms with E-state index in [1.165, 1.54) is 0 Å². The van der Waals surface area contributed by atoms with Gasteiger partial charge in [-0.3, -0.25) is 4.57 Å². The van der Waals surface area contributed by atoms with Crippen molar-refractivity contribution in [3.63, 3.8) is 0 Å². The van der Waals surface area contributed by atoms with Crippen LogP contribution in [0.15, 0.2) is 33.5 Å². The third-order valence-electron chi connectivity index (χ3n) is 2.04. The van der Waals surface area contributed by atoms with Crippen LogP contribution in [-0.4, -0.2) is 4.57 Å². The summed E-state index contributed by atoms with van der Waals surface area (Å²) in [7, 11) is 0. The van der Waals surface area contributed by atoms with Crippen LogP contribution < -0.4 is 5.76 Å². The zero-order valence-electron chi connectivity index (χ0n) is 9.65. The summed E-state index contributed by atoms with van der Waals surface area (Å²) < 4.78 is 6.72. The van der Waals surface area contributed by atoms with Crippen molar-refractivity contribution in [3.05, 3.63) is 34.8 Å². The van der Waals surface area contributed by atoms with Crippen molar-refractivity contribution in [2.24, 2.45) is 0 Å². The first kappa shape index (κ1) is 11.6. The molecule has 1 heterocycles. The molecular weight excluding hydrogens is 190 g/mol. The molecule has 1 aromatic carbocycles. The fourth-order valence-corrected chi connectivity index (χ4v) is 1.47. The molecule has 0 N–H and O–H groups in total. The molecule has 3 nitrogen and oxygen atoms in total. The first-order valence-electron chi connectivity index (χ1n) is 5.30. The van der Waals surface area contributed by atoms with E-state index in [-0.39, 0.29) is 11.8 Å². The van der Waals surface area contributed by atoms with E-state index >= 15 is 0 Å². The maximum atomic E-state index is 11.4. The number of fused-ring (bicyclic) bond motifs is 1. The Kier molecular flexibility index (Phi) is 3.72. The zero-order valence-corrected chi connectivity index (χ0v) is 9.65. The van der Waals surface area contributed by atoms with Gasteiger partial charge in [0.2, 0.25) is 0 Å². The lowest BCUT2D eigenvalue weighted by Gasteiger charge is -2.03. The van der Waals surface area contributed by atoms with E-state index < -0.39 is 0 Å². The number of nitrogens with zero attached hydrogens (tertiary/aromatic N) is 1. The van der Waals surface area contributed by atoms with Crippen LogP contribution in [0.1, 0.15) is 33.7 Å². The normalized spacial score (nSPS) is 10.2. The van der Waals surface area contributed by atoms with Crippen molar-refractivity contribution in [1.29, 1.82) is 0 Å². The lowest BCUT2D eigenvalue weighted by Crippen LogP contribution is -2.15. The van der Waals surface area contributed by atoms with Gasteiger partial charge in [-0.2, -0.15) is 0 Å². The quantitative estimate of drug-likeness (QED) is 0.719. The number of para-hydroxylation sites is 2. The van der Waals surface area contributed by atoms with Gasteiger partial charge in [0, 0.05) is 6.04 Å². The van der Waals surface area contributed by atoms with Crippen molar-refractivity contribution in [2.45, 2.75) is 33.7 Å². The van der Waals surface area contributed by atoms with Crippen molar-refractivity contribution in [1.82, 2.24) is 4.57 Å². The number of hydrogen-bond acceptors (Lipinski definition) is 2. The second-order valence-corrected chi connectivity index (χ2v) is 3.30. The predicted molar refractivity (Wildman–Crippen MR) is 62.2 cm³/mol. The second-order valence-electron chi connectivity index (χ2n) is 3.30.